The minimum atomic E-state index is 0.0225. The first-order valence-electron chi connectivity index (χ1n) is 6.15. The maximum atomic E-state index is 6.34. The van der Waals surface area contributed by atoms with Crippen molar-refractivity contribution < 1.29 is 9.47 Å². The van der Waals surface area contributed by atoms with Crippen LogP contribution in [0.15, 0.2) is 12.1 Å². The first kappa shape index (κ1) is 12.2. The van der Waals surface area contributed by atoms with Crippen LogP contribution >= 0.6 is 0 Å². The molecule has 0 aliphatic heterocycles. The van der Waals surface area contributed by atoms with Crippen molar-refractivity contribution in [1.29, 1.82) is 0 Å². The van der Waals surface area contributed by atoms with E-state index in [4.69, 9.17) is 15.2 Å². The zero-order valence-electron chi connectivity index (χ0n) is 10.8. The second-order valence-corrected chi connectivity index (χ2v) is 4.80. The quantitative estimate of drug-likeness (QED) is 0.872. The Morgan fingerprint density at radius 3 is 2.06 bits per heavy atom. The first-order valence-corrected chi connectivity index (χ1v) is 6.15. The molecule has 0 bridgehead atoms. The maximum absolute atomic E-state index is 6.34. The van der Waals surface area contributed by atoms with Crippen LogP contribution in [0.4, 0.5) is 0 Å². The molecule has 17 heavy (non-hydrogen) atoms. The third-order valence-corrected chi connectivity index (χ3v) is 3.68. The van der Waals surface area contributed by atoms with Gasteiger partial charge in [-0.25, -0.2) is 0 Å². The maximum Gasteiger partial charge on any atom is 0.127 e. The highest BCUT2D eigenvalue weighted by molar-refractivity contribution is 5.50. The largest absolute Gasteiger partial charge is 0.496 e. The van der Waals surface area contributed by atoms with Crippen LogP contribution in [0.2, 0.25) is 0 Å². The van der Waals surface area contributed by atoms with Gasteiger partial charge in [0.2, 0.25) is 0 Å². The molecule has 0 unspecified atom stereocenters. The van der Waals surface area contributed by atoms with E-state index in [1.165, 1.54) is 19.3 Å². The van der Waals surface area contributed by atoms with E-state index in [-0.39, 0.29) is 6.04 Å². The SMILES string of the molecule is COc1cc(C)cc(OC)c1[C@@H](N)C1CCC1. The molecule has 1 aliphatic rings. The van der Waals surface area contributed by atoms with E-state index in [0.29, 0.717) is 5.92 Å². The molecule has 3 heteroatoms. The molecule has 2 rings (SSSR count). The van der Waals surface area contributed by atoms with Gasteiger partial charge < -0.3 is 15.2 Å². The molecule has 1 aromatic carbocycles. The molecule has 1 aromatic rings. The van der Waals surface area contributed by atoms with Crippen LogP contribution in [0.3, 0.4) is 0 Å². The minimum absolute atomic E-state index is 0.0225. The Labute approximate surface area is 103 Å². The Kier molecular flexibility index (Phi) is 3.57. The molecule has 0 amide bonds. The predicted molar refractivity (Wildman–Crippen MR) is 68.6 cm³/mol. The van der Waals surface area contributed by atoms with E-state index in [9.17, 15) is 0 Å². The predicted octanol–water partition coefficient (Wildman–Crippen LogP) is 2.81. The van der Waals surface area contributed by atoms with Crippen LogP contribution in [0.5, 0.6) is 11.5 Å². The Hall–Kier alpha value is -1.22. The summed E-state index contributed by atoms with van der Waals surface area (Å²) >= 11 is 0. The van der Waals surface area contributed by atoms with Gasteiger partial charge in [-0.2, -0.15) is 0 Å². The number of aryl methyl sites for hydroxylation is 1. The summed E-state index contributed by atoms with van der Waals surface area (Å²) in [6.45, 7) is 2.03. The molecule has 0 spiro atoms. The molecule has 0 radical (unpaired) electrons. The zero-order chi connectivity index (χ0) is 12.4. The second-order valence-electron chi connectivity index (χ2n) is 4.80. The number of ether oxygens (including phenoxy) is 2. The van der Waals surface area contributed by atoms with Gasteiger partial charge in [0.1, 0.15) is 11.5 Å². The average Bonchev–Trinajstić information content (AvgIpc) is 2.24. The Morgan fingerprint density at radius 1 is 1.18 bits per heavy atom. The first-order chi connectivity index (χ1) is 8.17. The van der Waals surface area contributed by atoms with Crippen LogP contribution in [0.25, 0.3) is 0 Å². The minimum Gasteiger partial charge on any atom is -0.496 e. The highest BCUT2D eigenvalue weighted by atomic mass is 16.5. The summed E-state index contributed by atoms with van der Waals surface area (Å²) in [5.41, 5.74) is 8.49. The molecule has 1 saturated carbocycles. The highest BCUT2D eigenvalue weighted by Gasteiger charge is 2.30. The van der Waals surface area contributed by atoms with Crippen LogP contribution < -0.4 is 15.2 Å². The van der Waals surface area contributed by atoms with Crippen molar-refractivity contribution in [3.05, 3.63) is 23.3 Å². The third kappa shape index (κ3) is 2.25. The molecular weight excluding hydrogens is 214 g/mol. The van der Waals surface area contributed by atoms with Gasteiger partial charge in [-0.15, -0.1) is 0 Å². The second kappa shape index (κ2) is 4.96. The monoisotopic (exact) mass is 235 g/mol. The topological polar surface area (TPSA) is 44.5 Å². The molecular formula is C14H21NO2. The van der Waals surface area contributed by atoms with E-state index in [2.05, 4.69) is 0 Å². The standard InChI is InChI=1S/C14H21NO2/c1-9-7-11(16-2)13(12(8-9)17-3)14(15)10-5-4-6-10/h7-8,10,14H,4-6,15H2,1-3H3/t14-/m0/s1. The van der Waals surface area contributed by atoms with Crippen molar-refractivity contribution in [1.82, 2.24) is 0 Å². The fourth-order valence-corrected chi connectivity index (χ4v) is 2.43. The number of nitrogens with two attached hydrogens (primary N) is 1. The van der Waals surface area contributed by atoms with Crippen molar-refractivity contribution >= 4 is 0 Å². The lowest BCUT2D eigenvalue weighted by molar-refractivity contribution is 0.254. The van der Waals surface area contributed by atoms with Crippen molar-refractivity contribution in [2.45, 2.75) is 32.2 Å². The zero-order valence-corrected chi connectivity index (χ0v) is 10.8. The van der Waals surface area contributed by atoms with E-state index >= 15 is 0 Å². The lowest BCUT2D eigenvalue weighted by Crippen LogP contribution is -2.27. The molecule has 1 atom stereocenters. The average molecular weight is 235 g/mol. The summed E-state index contributed by atoms with van der Waals surface area (Å²) in [5, 5.41) is 0. The van der Waals surface area contributed by atoms with Gasteiger partial charge in [-0.1, -0.05) is 6.42 Å². The summed E-state index contributed by atoms with van der Waals surface area (Å²) < 4.78 is 10.9. The number of hydrogen-bond acceptors (Lipinski definition) is 3. The van der Waals surface area contributed by atoms with Crippen molar-refractivity contribution in [3.63, 3.8) is 0 Å². The third-order valence-electron chi connectivity index (χ3n) is 3.68. The molecule has 1 aliphatic carbocycles. The van der Waals surface area contributed by atoms with Crippen LogP contribution in [-0.4, -0.2) is 14.2 Å². The van der Waals surface area contributed by atoms with Gasteiger partial charge in [-0.3, -0.25) is 0 Å². The molecule has 0 heterocycles. The fourth-order valence-electron chi connectivity index (χ4n) is 2.43. The Balaban J connectivity index is 2.41. The molecule has 3 nitrogen and oxygen atoms in total. The number of hydrogen-bond donors (Lipinski definition) is 1. The van der Waals surface area contributed by atoms with Gasteiger partial charge in [0.15, 0.2) is 0 Å². The summed E-state index contributed by atoms with van der Waals surface area (Å²) in [5.74, 6) is 2.27. The lowest BCUT2D eigenvalue weighted by Gasteiger charge is -2.33. The van der Waals surface area contributed by atoms with E-state index in [0.717, 1.165) is 22.6 Å². The van der Waals surface area contributed by atoms with Crippen molar-refractivity contribution in [2.24, 2.45) is 11.7 Å². The van der Waals surface area contributed by atoms with Crippen LogP contribution in [0, 0.1) is 12.8 Å². The summed E-state index contributed by atoms with van der Waals surface area (Å²) in [4.78, 5) is 0. The van der Waals surface area contributed by atoms with Gasteiger partial charge in [-0.05, 0) is 43.4 Å². The smallest absolute Gasteiger partial charge is 0.127 e. The Morgan fingerprint density at radius 2 is 1.71 bits per heavy atom. The van der Waals surface area contributed by atoms with Gasteiger partial charge in [0, 0.05) is 6.04 Å². The van der Waals surface area contributed by atoms with Gasteiger partial charge >= 0.3 is 0 Å². The summed E-state index contributed by atoms with van der Waals surface area (Å²) in [6.07, 6.45) is 3.71. The normalized spacial score (nSPS) is 17.4. The fraction of sp³-hybridized carbons (Fsp3) is 0.571. The lowest BCUT2D eigenvalue weighted by atomic mass is 9.77. The van der Waals surface area contributed by atoms with Crippen molar-refractivity contribution in [2.75, 3.05) is 14.2 Å². The molecule has 94 valence electrons. The molecule has 0 saturated heterocycles. The molecule has 2 N–H and O–H groups in total. The summed E-state index contributed by atoms with van der Waals surface area (Å²) in [7, 11) is 3.37. The van der Waals surface area contributed by atoms with Crippen molar-refractivity contribution in [3.8, 4) is 11.5 Å². The number of rotatable bonds is 4. The Bertz CT molecular complexity index is 374. The number of methoxy groups -OCH3 is 2. The highest BCUT2D eigenvalue weighted by Crippen LogP contribution is 2.43. The van der Waals surface area contributed by atoms with Gasteiger partial charge in [0.25, 0.3) is 0 Å². The van der Waals surface area contributed by atoms with E-state index < -0.39 is 0 Å². The van der Waals surface area contributed by atoms with E-state index in [1.807, 2.05) is 19.1 Å². The number of benzene rings is 1. The van der Waals surface area contributed by atoms with Crippen LogP contribution in [0.1, 0.15) is 36.4 Å². The molecule has 1 fully saturated rings. The van der Waals surface area contributed by atoms with E-state index in [1.54, 1.807) is 14.2 Å². The van der Waals surface area contributed by atoms with Gasteiger partial charge in [0.05, 0.1) is 19.8 Å². The molecule has 0 aromatic heterocycles. The van der Waals surface area contributed by atoms with Crippen LogP contribution in [-0.2, 0) is 0 Å². The summed E-state index contributed by atoms with van der Waals surface area (Å²) in [6, 6.07) is 4.07.